The quantitative estimate of drug-likeness (QED) is 0.335. The number of allylic oxidation sites excluding steroid dienone is 5. The molecule has 5 nitrogen and oxygen atoms in total. The van der Waals surface area contributed by atoms with E-state index in [4.69, 9.17) is 14.2 Å². The summed E-state index contributed by atoms with van der Waals surface area (Å²) in [6.07, 6.45) is 11.1. The molecule has 0 N–H and O–H groups in total. The maximum atomic E-state index is 12.6. The van der Waals surface area contributed by atoms with Crippen molar-refractivity contribution in [2.45, 2.75) is 74.7 Å². The summed E-state index contributed by atoms with van der Waals surface area (Å²) in [6, 6.07) is 1.72. The Labute approximate surface area is 197 Å². The van der Waals surface area contributed by atoms with E-state index in [-0.39, 0.29) is 12.2 Å². The zero-order valence-corrected chi connectivity index (χ0v) is 22.4. The van der Waals surface area contributed by atoms with Gasteiger partial charge in [-0.05, 0) is 24.5 Å². The highest BCUT2D eigenvalue weighted by atomic mass is 16.5. The van der Waals surface area contributed by atoms with Gasteiger partial charge in [0.15, 0.2) is 11.5 Å². The van der Waals surface area contributed by atoms with Crippen LogP contribution in [0.1, 0.15) is 73.9 Å². The number of hydrogen-bond donors (Lipinski definition) is 0. The molecule has 32 heavy (non-hydrogen) atoms. The van der Waals surface area contributed by atoms with Gasteiger partial charge in [-0.1, -0.05) is 72.8 Å². The van der Waals surface area contributed by atoms with Crippen molar-refractivity contribution in [1.82, 2.24) is 4.98 Å². The van der Waals surface area contributed by atoms with E-state index in [1.54, 1.807) is 33.6 Å². The molecular weight excluding hydrogens is 402 g/mol. The SMILES string of the molecule is CC.CC.CC.CC\C=C/C(CC(=O)Cc1nccc(OC)c1OC)=C(C)/C=C\COC. The first-order valence-electron chi connectivity index (χ1n) is 11.7. The molecule has 0 saturated heterocycles. The van der Waals surface area contributed by atoms with E-state index < -0.39 is 0 Å². The molecule has 5 heteroatoms. The number of ketones is 1. The fourth-order valence-corrected chi connectivity index (χ4v) is 2.46. The third kappa shape index (κ3) is 14.6. The zero-order chi connectivity index (χ0) is 25.4. The molecule has 0 unspecified atom stereocenters. The van der Waals surface area contributed by atoms with E-state index in [0.29, 0.717) is 30.2 Å². The van der Waals surface area contributed by atoms with Crippen LogP contribution < -0.4 is 9.47 Å². The minimum absolute atomic E-state index is 0.0688. The third-order valence-corrected chi connectivity index (χ3v) is 3.81. The van der Waals surface area contributed by atoms with Gasteiger partial charge in [-0.3, -0.25) is 9.78 Å². The highest BCUT2D eigenvalue weighted by molar-refractivity contribution is 5.84. The summed E-state index contributed by atoms with van der Waals surface area (Å²) in [5.41, 5.74) is 2.62. The van der Waals surface area contributed by atoms with Crippen LogP contribution >= 0.6 is 0 Å². The lowest BCUT2D eigenvalue weighted by Gasteiger charge is -2.11. The maximum absolute atomic E-state index is 12.6. The van der Waals surface area contributed by atoms with Crippen LogP contribution in [0.3, 0.4) is 0 Å². The van der Waals surface area contributed by atoms with E-state index in [1.165, 1.54) is 0 Å². The lowest BCUT2D eigenvalue weighted by Crippen LogP contribution is -2.08. The number of hydrogen-bond acceptors (Lipinski definition) is 5. The fourth-order valence-electron chi connectivity index (χ4n) is 2.46. The average Bonchev–Trinajstić information content (AvgIpc) is 2.85. The summed E-state index contributed by atoms with van der Waals surface area (Å²) in [7, 11) is 4.77. The maximum Gasteiger partial charge on any atom is 0.182 e. The van der Waals surface area contributed by atoms with Crippen LogP contribution in [-0.2, 0) is 16.0 Å². The van der Waals surface area contributed by atoms with Gasteiger partial charge in [0.25, 0.3) is 0 Å². The van der Waals surface area contributed by atoms with E-state index in [1.807, 2.05) is 66.7 Å². The van der Waals surface area contributed by atoms with Gasteiger partial charge < -0.3 is 14.2 Å². The van der Waals surface area contributed by atoms with Gasteiger partial charge in [-0.2, -0.15) is 0 Å². The lowest BCUT2D eigenvalue weighted by molar-refractivity contribution is -0.117. The minimum atomic E-state index is 0.0688. The van der Waals surface area contributed by atoms with Gasteiger partial charge >= 0.3 is 0 Å². The molecule has 0 aliphatic heterocycles. The van der Waals surface area contributed by atoms with Crippen molar-refractivity contribution in [1.29, 1.82) is 0 Å². The van der Waals surface area contributed by atoms with Gasteiger partial charge in [0.05, 0.1) is 32.9 Å². The number of carbonyl (C=O) groups is 1. The normalized spacial score (nSPS) is 10.7. The molecule has 0 bridgehead atoms. The van der Waals surface area contributed by atoms with Gasteiger partial charge in [-0.15, -0.1) is 0 Å². The monoisotopic (exact) mass is 449 g/mol. The molecule has 0 amide bonds. The fraction of sp³-hybridized carbons (Fsp3) is 0.556. The summed E-state index contributed by atoms with van der Waals surface area (Å²) in [5.74, 6) is 1.15. The highest BCUT2D eigenvalue weighted by Gasteiger charge is 2.15. The first-order valence-corrected chi connectivity index (χ1v) is 11.7. The molecule has 0 fully saturated rings. The van der Waals surface area contributed by atoms with Crippen LogP contribution in [0.15, 0.2) is 47.7 Å². The molecule has 0 saturated carbocycles. The topological polar surface area (TPSA) is 57.7 Å². The van der Waals surface area contributed by atoms with E-state index in [2.05, 4.69) is 18.0 Å². The van der Waals surface area contributed by atoms with Crippen LogP contribution in [0.4, 0.5) is 0 Å². The molecule has 1 aromatic rings. The van der Waals surface area contributed by atoms with Crippen molar-refractivity contribution in [3.63, 3.8) is 0 Å². The first-order chi connectivity index (χ1) is 15.6. The van der Waals surface area contributed by atoms with Gasteiger partial charge in [0.1, 0.15) is 5.78 Å². The van der Waals surface area contributed by atoms with Crippen LogP contribution in [0.5, 0.6) is 11.5 Å². The second kappa shape index (κ2) is 24.9. The second-order valence-corrected chi connectivity index (χ2v) is 5.76. The van der Waals surface area contributed by atoms with Gasteiger partial charge in [0.2, 0.25) is 0 Å². The Bertz CT molecular complexity index is 676. The number of carbonyl (C=O) groups excluding carboxylic acids is 1. The molecule has 1 rings (SSSR count). The molecule has 0 aliphatic carbocycles. The largest absolute Gasteiger partial charge is 0.493 e. The molecule has 1 heterocycles. The predicted molar refractivity (Wildman–Crippen MR) is 138 cm³/mol. The van der Waals surface area contributed by atoms with Crippen LogP contribution in [0, 0.1) is 0 Å². The first kappa shape index (κ1) is 34.2. The summed E-state index contributed by atoms with van der Waals surface area (Å²) in [5, 5.41) is 0. The molecule has 0 spiro atoms. The average molecular weight is 450 g/mol. The van der Waals surface area contributed by atoms with Crippen molar-refractivity contribution in [3.8, 4) is 11.5 Å². The summed E-state index contributed by atoms with van der Waals surface area (Å²) < 4.78 is 15.7. The molecule has 0 aliphatic rings. The Balaban J connectivity index is -0.00000129. The molecule has 0 atom stereocenters. The zero-order valence-electron chi connectivity index (χ0n) is 22.4. The number of ether oxygens (including phenoxy) is 3. The Morgan fingerprint density at radius 1 is 0.969 bits per heavy atom. The Morgan fingerprint density at radius 3 is 2.09 bits per heavy atom. The number of methoxy groups -OCH3 is 3. The van der Waals surface area contributed by atoms with Crippen molar-refractivity contribution >= 4 is 5.78 Å². The predicted octanol–water partition coefficient (Wildman–Crippen LogP) is 7.16. The molecule has 1 aromatic heterocycles. The summed E-state index contributed by atoms with van der Waals surface area (Å²) in [4.78, 5) is 16.9. The van der Waals surface area contributed by atoms with Crippen molar-refractivity contribution in [2.75, 3.05) is 27.9 Å². The van der Waals surface area contributed by atoms with E-state index in [0.717, 1.165) is 17.6 Å². The molecule has 184 valence electrons. The number of aromatic nitrogens is 1. The number of Topliss-reactive ketones (excluding diaryl/α,β-unsaturated/α-hetero) is 1. The third-order valence-electron chi connectivity index (χ3n) is 3.81. The number of rotatable bonds is 11. The number of nitrogens with zero attached hydrogens (tertiary/aromatic N) is 1. The Kier molecular flexibility index (Phi) is 26.6. The lowest BCUT2D eigenvalue weighted by atomic mass is 9.99. The van der Waals surface area contributed by atoms with E-state index >= 15 is 0 Å². The van der Waals surface area contributed by atoms with Crippen LogP contribution in [-0.4, -0.2) is 38.7 Å². The van der Waals surface area contributed by atoms with Crippen LogP contribution in [0.25, 0.3) is 0 Å². The Hall–Kier alpha value is -2.40. The highest BCUT2D eigenvalue weighted by Crippen LogP contribution is 2.29. The smallest absolute Gasteiger partial charge is 0.182 e. The van der Waals surface area contributed by atoms with Crippen molar-refractivity contribution < 1.29 is 19.0 Å². The van der Waals surface area contributed by atoms with Crippen molar-refractivity contribution in [2.24, 2.45) is 0 Å². The second-order valence-electron chi connectivity index (χ2n) is 5.76. The van der Waals surface area contributed by atoms with E-state index in [9.17, 15) is 4.79 Å². The van der Waals surface area contributed by atoms with Crippen LogP contribution in [0.2, 0.25) is 0 Å². The Morgan fingerprint density at radius 2 is 1.59 bits per heavy atom. The van der Waals surface area contributed by atoms with Gasteiger partial charge in [-0.25, -0.2) is 0 Å². The molecule has 0 radical (unpaired) electrons. The van der Waals surface area contributed by atoms with Crippen molar-refractivity contribution in [3.05, 3.63) is 53.4 Å². The van der Waals surface area contributed by atoms with Gasteiger partial charge in [0, 0.05) is 25.8 Å². The summed E-state index contributed by atoms with van der Waals surface area (Å²) >= 11 is 0. The standard InChI is InChI=1S/C21H29NO4.3C2H6/c1-6-7-10-17(16(2)9-8-13-24-3)14-18(23)15-19-21(26-5)20(25-4)11-12-22-19;3*1-2/h7-12H,6,13-15H2,1-5H3;3*1-2H3/b9-8-,10-7-,17-16-;;;. The summed E-state index contributed by atoms with van der Waals surface area (Å²) in [6.45, 7) is 16.6. The number of pyridine rings is 1. The molecule has 0 aromatic carbocycles. The minimum Gasteiger partial charge on any atom is -0.493 e. The molecular formula is C27H47NO4.